The number of nitrogens with one attached hydrogen (secondary N) is 1. The number of aryl methyl sites for hydroxylation is 1. The average molecular weight is 354 g/mol. The van der Waals surface area contributed by atoms with Gasteiger partial charge in [-0.1, -0.05) is 18.2 Å². The minimum Gasteiger partial charge on any atom is -0.469 e. The molecule has 5 heteroatoms. The summed E-state index contributed by atoms with van der Waals surface area (Å²) in [6.45, 7) is 1.73. The number of nitrogens with zero attached hydrogens (tertiary/aromatic N) is 1. The van der Waals surface area contributed by atoms with Crippen molar-refractivity contribution in [3.8, 4) is 0 Å². The first kappa shape index (κ1) is 12.8. The molecule has 0 atom stereocenters. The van der Waals surface area contributed by atoms with E-state index in [4.69, 9.17) is 4.42 Å². The smallest absolute Gasteiger partial charge is 0.274 e. The van der Waals surface area contributed by atoms with Crippen LogP contribution < -0.4 is 5.43 Å². The van der Waals surface area contributed by atoms with Gasteiger partial charge in [0.2, 0.25) is 0 Å². The Balaban J connectivity index is 2.03. The van der Waals surface area contributed by atoms with Gasteiger partial charge in [0, 0.05) is 9.13 Å². The van der Waals surface area contributed by atoms with E-state index in [0.29, 0.717) is 11.3 Å². The topological polar surface area (TPSA) is 54.6 Å². The summed E-state index contributed by atoms with van der Waals surface area (Å²) in [7, 11) is 0. The summed E-state index contributed by atoms with van der Waals surface area (Å²) >= 11 is 2.21. The lowest BCUT2D eigenvalue weighted by atomic mass is 10.2. The summed E-state index contributed by atoms with van der Waals surface area (Å²) in [6, 6.07) is 9.40. The molecule has 1 N–H and O–H groups in total. The van der Waals surface area contributed by atoms with Gasteiger partial charge in [0.1, 0.15) is 5.76 Å². The van der Waals surface area contributed by atoms with Crippen molar-refractivity contribution in [1.82, 2.24) is 5.43 Å². The van der Waals surface area contributed by atoms with Crippen LogP contribution in [0.5, 0.6) is 0 Å². The predicted molar refractivity (Wildman–Crippen MR) is 77.7 cm³/mol. The van der Waals surface area contributed by atoms with Crippen LogP contribution in [0.4, 0.5) is 0 Å². The number of amides is 1. The van der Waals surface area contributed by atoms with Crippen molar-refractivity contribution in [2.24, 2.45) is 5.10 Å². The summed E-state index contributed by atoms with van der Waals surface area (Å²) in [5, 5.41) is 3.93. The fraction of sp³-hybridized carbons (Fsp3) is 0.0769. The van der Waals surface area contributed by atoms with E-state index in [1.54, 1.807) is 19.2 Å². The summed E-state index contributed by atoms with van der Waals surface area (Å²) in [6.07, 6.45) is 3.10. The van der Waals surface area contributed by atoms with Crippen LogP contribution in [-0.4, -0.2) is 12.1 Å². The lowest BCUT2D eigenvalue weighted by molar-refractivity contribution is 0.0953. The molecule has 2 rings (SSSR count). The zero-order chi connectivity index (χ0) is 13.0. The molecular formula is C13H11IN2O2. The van der Waals surface area contributed by atoms with E-state index in [1.165, 1.54) is 6.26 Å². The third kappa shape index (κ3) is 2.98. The molecule has 0 unspecified atom stereocenters. The highest BCUT2D eigenvalue weighted by atomic mass is 127. The summed E-state index contributed by atoms with van der Waals surface area (Å²) in [4.78, 5) is 11.7. The molecule has 4 nitrogen and oxygen atoms in total. The van der Waals surface area contributed by atoms with Gasteiger partial charge in [-0.15, -0.1) is 0 Å². The van der Waals surface area contributed by atoms with Gasteiger partial charge in [0.25, 0.3) is 5.91 Å². The van der Waals surface area contributed by atoms with Gasteiger partial charge < -0.3 is 4.42 Å². The Kier molecular flexibility index (Phi) is 4.14. The van der Waals surface area contributed by atoms with Gasteiger partial charge in [-0.25, -0.2) is 5.43 Å². The molecule has 92 valence electrons. The normalized spacial score (nSPS) is 10.8. The maximum Gasteiger partial charge on any atom is 0.274 e. The molecule has 0 aliphatic rings. The Morgan fingerprint density at radius 3 is 2.83 bits per heavy atom. The second-order valence-corrected chi connectivity index (χ2v) is 4.77. The van der Waals surface area contributed by atoms with E-state index in [2.05, 4.69) is 33.1 Å². The highest BCUT2D eigenvalue weighted by Crippen LogP contribution is 2.09. The second kappa shape index (κ2) is 5.81. The number of furan rings is 1. The molecule has 0 bridgehead atoms. The standard InChI is InChI=1S/C13H11IN2O2/c1-9-11(6-7-18-9)13(17)16-15-8-10-4-2-3-5-12(10)14/h2-8H,1H3,(H,16,17)/b15-8+. The number of hydrogen-bond acceptors (Lipinski definition) is 3. The summed E-state index contributed by atoms with van der Waals surface area (Å²) in [5.41, 5.74) is 3.92. The lowest BCUT2D eigenvalue weighted by Crippen LogP contribution is -2.17. The number of rotatable bonds is 3. The Labute approximate surface area is 118 Å². The molecular weight excluding hydrogens is 343 g/mol. The highest BCUT2D eigenvalue weighted by molar-refractivity contribution is 14.1. The SMILES string of the molecule is Cc1occc1C(=O)N/N=C/c1ccccc1I. The number of carbonyl (C=O) groups is 1. The Bertz CT molecular complexity index is 590. The van der Waals surface area contributed by atoms with Crippen LogP contribution in [0.1, 0.15) is 21.7 Å². The number of halogens is 1. The van der Waals surface area contributed by atoms with Crippen molar-refractivity contribution < 1.29 is 9.21 Å². The van der Waals surface area contributed by atoms with E-state index in [9.17, 15) is 4.79 Å². The largest absolute Gasteiger partial charge is 0.469 e. The maximum atomic E-state index is 11.7. The van der Waals surface area contributed by atoms with Crippen LogP contribution in [0, 0.1) is 10.5 Å². The minimum atomic E-state index is -0.275. The van der Waals surface area contributed by atoms with Crippen molar-refractivity contribution in [3.63, 3.8) is 0 Å². The van der Waals surface area contributed by atoms with E-state index in [-0.39, 0.29) is 5.91 Å². The molecule has 1 amide bonds. The molecule has 1 heterocycles. The second-order valence-electron chi connectivity index (χ2n) is 3.61. The quantitative estimate of drug-likeness (QED) is 0.524. The highest BCUT2D eigenvalue weighted by Gasteiger charge is 2.09. The third-order valence-corrected chi connectivity index (χ3v) is 3.36. The van der Waals surface area contributed by atoms with Gasteiger partial charge in [-0.3, -0.25) is 4.79 Å². The first-order chi connectivity index (χ1) is 8.68. The van der Waals surface area contributed by atoms with Crippen molar-refractivity contribution >= 4 is 34.7 Å². The molecule has 0 aliphatic heterocycles. The molecule has 0 radical (unpaired) electrons. The monoisotopic (exact) mass is 354 g/mol. The van der Waals surface area contributed by atoms with Crippen LogP contribution >= 0.6 is 22.6 Å². The zero-order valence-corrected chi connectivity index (χ0v) is 11.8. The van der Waals surface area contributed by atoms with Crippen LogP contribution in [0.2, 0.25) is 0 Å². The van der Waals surface area contributed by atoms with E-state index in [0.717, 1.165) is 9.13 Å². The average Bonchev–Trinajstić information content (AvgIpc) is 2.78. The van der Waals surface area contributed by atoms with Crippen molar-refractivity contribution in [2.45, 2.75) is 6.92 Å². The first-order valence-corrected chi connectivity index (χ1v) is 6.38. The fourth-order valence-corrected chi connectivity index (χ4v) is 1.95. The summed E-state index contributed by atoms with van der Waals surface area (Å²) < 4.78 is 6.13. The van der Waals surface area contributed by atoms with Crippen LogP contribution in [-0.2, 0) is 0 Å². The van der Waals surface area contributed by atoms with Gasteiger partial charge in [0.05, 0.1) is 18.0 Å². The molecule has 0 saturated carbocycles. The maximum absolute atomic E-state index is 11.7. The third-order valence-electron chi connectivity index (χ3n) is 2.38. The molecule has 1 aromatic carbocycles. The van der Waals surface area contributed by atoms with Crippen molar-refractivity contribution in [2.75, 3.05) is 0 Å². The number of hydrazone groups is 1. The molecule has 0 spiro atoms. The molecule has 2 aromatic rings. The predicted octanol–water partition coefficient (Wildman–Crippen LogP) is 2.96. The Hall–Kier alpha value is -1.63. The van der Waals surface area contributed by atoms with Crippen molar-refractivity contribution in [3.05, 3.63) is 57.1 Å². The van der Waals surface area contributed by atoms with Gasteiger partial charge in [-0.05, 0) is 41.6 Å². The molecule has 1 aromatic heterocycles. The minimum absolute atomic E-state index is 0.275. The lowest BCUT2D eigenvalue weighted by Gasteiger charge is -1.98. The number of hydrogen-bond donors (Lipinski definition) is 1. The molecule has 18 heavy (non-hydrogen) atoms. The number of benzene rings is 1. The summed E-state index contributed by atoms with van der Waals surface area (Å²) in [5.74, 6) is 0.306. The first-order valence-electron chi connectivity index (χ1n) is 5.30. The Morgan fingerprint density at radius 2 is 2.17 bits per heavy atom. The van der Waals surface area contributed by atoms with Crippen LogP contribution in [0.25, 0.3) is 0 Å². The molecule has 0 saturated heterocycles. The van der Waals surface area contributed by atoms with Crippen LogP contribution in [0.3, 0.4) is 0 Å². The van der Waals surface area contributed by atoms with Crippen molar-refractivity contribution in [1.29, 1.82) is 0 Å². The number of carbonyl (C=O) groups excluding carboxylic acids is 1. The van der Waals surface area contributed by atoms with Crippen LogP contribution in [0.15, 0.2) is 46.1 Å². The Morgan fingerprint density at radius 1 is 1.39 bits per heavy atom. The zero-order valence-electron chi connectivity index (χ0n) is 9.68. The van der Waals surface area contributed by atoms with Gasteiger partial charge in [-0.2, -0.15) is 5.10 Å². The molecule has 0 fully saturated rings. The van der Waals surface area contributed by atoms with E-state index in [1.807, 2.05) is 24.3 Å². The van der Waals surface area contributed by atoms with Gasteiger partial charge >= 0.3 is 0 Å². The van der Waals surface area contributed by atoms with Gasteiger partial charge in [0.15, 0.2) is 0 Å². The molecule has 0 aliphatic carbocycles. The van der Waals surface area contributed by atoms with E-state index >= 15 is 0 Å². The fourth-order valence-electron chi connectivity index (χ4n) is 1.42. The van der Waals surface area contributed by atoms with E-state index < -0.39 is 0 Å².